The van der Waals surface area contributed by atoms with Gasteiger partial charge in [-0.05, 0) is 73.2 Å². The summed E-state index contributed by atoms with van der Waals surface area (Å²) in [5.74, 6) is 0.526. The van der Waals surface area contributed by atoms with Crippen LogP contribution in [0.15, 0.2) is 97.2 Å². The van der Waals surface area contributed by atoms with Crippen molar-refractivity contribution in [2.24, 2.45) is 0 Å². The van der Waals surface area contributed by atoms with Crippen LogP contribution in [0.3, 0.4) is 0 Å². The fraction of sp³-hybridized carbons (Fsp3) is 0.103. The molecular formula is C29H23ClFN5O. The van der Waals surface area contributed by atoms with Gasteiger partial charge >= 0.3 is 6.03 Å². The Morgan fingerprint density at radius 3 is 2.43 bits per heavy atom. The van der Waals surface area contributed by atoms with Crippen molar-refractivity contribution in [1.29, 1.82) is 0 Å². The van der Waals surface area contributed by atoms with Gasteiger partial charge in [0.05, 0.1) is 29.7 Å². The molecule has 1 unspecified atom stereocenters. The van der Waals surface area contributed by atoms with Gasteiger partial charge in [0, 0.05) is 22.5 Å². The fourth-order valence-electron chi connectivity index (χ4n) is 4.87. The highest BCUT2D eigenvalue weighted by Crippen LogP contribution is 2.39. The van der Waals surface area contributed by atoms with Gasteiger partial charge in [-0.25, -0.2) is 13.9 Å². The molecule has 3 aromatic carbocycles. The maximum Gasteiger partial charge on any atom is 0.322 e. The molecule has 0 aliphatic carbocycles. The molecule has 8 heteroatoms. The Balaban J connectivity index is 1.53. The number of urea groups is 1. The number of carbonyl (C=O) groups is 1. The standard InChI is InChI=1S/C29H23ClFN5O/c1-19-25-18-35(29(37)32-23-15-13-22(31)14-16-23)27(20-9-11-21(30)12-10-20)26-8-5-17-34(26)28(25)36(33-19)24-6-3-2-4-7-24/h2-17,27H,18H2,1H3,(H,32,37). The molecule has 0 fully saturated rings. The van der Waals surface area contributed by atoms with E-state index in [0.29, 0.717) is 17.3 Å². The Bertz CT molecular complexity index is 1580. The highest BCUT2D eigenvalue weighted by atomic mass is 35.5. The average molecular weight is 512 g/mol. The monoisotopic (exact) mass is 511 g/mol. The molecular weight excluding hydrogens is 489 g/mol. The van der Waals surface area contributed by atoms with Crippen molar-refractivity contribution in [3.63, 3.8) is 0 Å². The molecule has 1 aliphatic heterocycles. The van der Waals surface area contributed by atoms with E-state index in [2.05, 4.69) is 9.88 Å². The molecule has 1 aliphatic rings. The second-order valence-electron chi connectivity index (χ2n) is 8.96. The number of fused-ring (bicyclic) bond motifs is 3. The van der Waals surface area contributed by atoms with E-state index in [0.717, 1.165) is 34.0 Å². The van der Waals surface area contributed by atoms with Gasteiger partial charge in [0.1, 0.15) is 11.6 Å². The quantitative estimate of drug-likeness (QED) is 0.286. The second kappa shape index (κ2) is 9.26. The average Bonchev–Trinajstić information content (AvgIpc) is 3.47. The topological polar surface area (TPSA) is 55.1 Å². The third-order valence-corrected chi connectivity index (χ3v) is 6.88. The van der Waals surface area contributed by atoms with E-state index < -0.39 is 6.04 Å². The SMILES string of the molecule is Cc1nn(-c2ccccc2)c2c1CN(C(=O)Nc1ccc(F)cc1)C(c1ccc(Cl)cc1)c1cccn1-2. The maximum absolute atomic E-state index is 13.8. The van der Waals surface area contributed by atoms with Crippen LogP contribution in [0.2, 0.25) is 5.02 Å². The van der Waals surface area contributed by atoms with Gasteiger partial charge in [-0.1, -0.05) is 41.9 Å². The fourth-order valence-corrected chi connectivity index (χ4v) is 5.00. The van der Waals surface area contributed by atoms with E-state index in [4.69, 9.17) is 16.7 Å². The number of nitrogens with one attached hydrogen (secondary N) is 1. The Labute approximate surface area is 218 Å². The number of rotatable bonds is 3. The van der Waals surface area contributed by atoms with Crippen molar-refractivity contribution in [2.75, 3.05) is 5.32 Å². The molecule has 3 heterocycles. The summed E-state index contributed by atoms with van der Waals surface area (Å²) in [7, 11) is 0. The molecule has 0 saturated carbocycles. The Morgan fingerprint density at radius 1 is 0.973 bits per heavy atom. The van der Waals surface area contributed by atoms with Crippen LogP contribution in [0.25, 0.3) is 11.5 Å². The van der Waals surface area contributed by atoms with Gasteiger partial charge < -0.3 is 14.8 Å². The van der Waals surface area contributed by atoms with Crippen LogP contribution in [0.1, 0.15) is 28.6 Å². The van der Waals surface area contributed by atoms with Crippen molar-refractivity contribution in [1.82, 2.24) is 19.2 Å². The van der Waals surface area contributed by atoms with E-state index in [-0.39, 0.29) is 11.8 Å². The van der Waals surface area contributed by atoms with Crippen LogP contribution >= 0.6 is 11.6 Å². The zero-order valence-electron chi connectivity index (χ0n) is 20.0. The summed E-state index contributed by atoms with van der Waals surface area (Å²) < 4.78 is 17.5. The zero-order chi connectivity index (χ0) is 25.5. The summed E-state index contributed by atoms with van der Waals surface area (Å²) in [6.45, 7) is 2.27. The van der Waals surface area contributed by atoms with Gasteiger partial charge in [0.2, 0.25) is 0 Å². The zero-order valence-corrected chi connectivity index (χ0v) is 20.7. The predicted octanol–water partition coefficient (Wildman–Crippen LogP) is 6.90. The Kier molecular flexibility index (Phi) is 5.77. The molecule has 5 aromatic rings. The number of amides is 2. The molecule has 37 heavy (non-hydrogen) atoms. The minimum Gasteiger partial charge on any atom is -0.308 e. The van der Waals surface area contributed by atoms with Crippen molar-refractivity contribution >= 4 is 23.3 Å². The van der Waals surface area contributed by atoms with E-state index >= 15 is 0 Å². The predicted molar refractivity (Wildman–Crippen MR) is 142 cm³/mol. The molecule has 0 saturated heterocycles. The minimum atomic E-state index is -0.413. The summed E-state index contributed by atoms with van der Waals surface area (Å²) in [4.78, 5) is 15.6. The van der Waals surface area contributed by atoms with Gasteiger partial charge in [-0.2, -0.15) is 5.10 Å². The number of anilines is 1. The molecule has 184 valence electrons. The van der Waals surface area contributed by atoms with Crippen LogP contribution in [0.4, 0.5) is 14.9 Å². The first-order valence-corrected chi connectivity index (χ1v) is 12.3. The van der Waals surface area contributed by atoms with Crippen LogP contribution in [0, 0.1) is 12.7 Å². The van der Waals surface area contributed by atoms with Gasteiger partial charge in [0.15, 0.2) is 0 Å². The van der Waals surface area contributed by atoms with E-state index in [9.17, 15) is 9.18 Å². The summed E-state index contributed by atoms with van der Waals surface area (Å²) in [5.41, 5.74) is 5.03. The molecule has 6 nitrogen and oxygen atoms in total. The van der Waals surface area contributed by atoms with Crippen molar-refractivity contribution in [3.8, 4) is 11.5 Å². The lowest BCUT2D eigenvalue weighted by Gasteiger charge is -2.31. The molecule has 0 radical (unpaired) electrons. The van der Waals surface area contributed by atoms with E-state index in [1.165, 1.54) is 12.1 Å². The molecule has 6 rings (SSSR count). The number of para-hydroxylation sites is 1. The van der Waals surface area contributed by atoms with Crippen molar-refractivity contribution < 1.29 is 9.18 Å². The Morgan fingerprint density at radius 2 is 1.70 bits per heavy atom. The lowest BCUT2D eigenvalue weighted by atomic mass is 10.0. The molecule has 0 spiro atoms. The van der Waals surface area contributed by atoms with Crippen LogP contribution in [0.5, 0.6) is 0 Å². The van der Waals surface area contributed by atoms with Crippen molar-refractivity contribution in [2.45, 2.75) is 19.5 Å². The van der Waals surface area contributed by atoms with Crippen LogP contribution < -0.4 is 5.32 Å². The molecule has 1 atom stereocenters. The third-order valence-electron chi connectivity index (χ3n) is 6.63. The maximum atomic E-state index is 13.8. The van der Waals surface area contributed by atoms with Crippen LogP contribution in [-0.2, 0) is 6.54 Å². The molecule has 2 amide bonds. The van der Waals surface area contributed by atoms with E-state index in [1.54, 1.807) is 17.0 Å². The lowest BCUT2D eigenvalue weighted by Crippen LogP contribution is -2.38. The lowest BCUT2D eigenvalue weighted by molar-refractivity contribution is 0.194. The highest BCUT2D eigenvalue weighted by Gasteiger charge is 2.36. The number of carbonyl (C=O) groups excluding carboxylic acids is 1. The number of halogens is 2. The van der Waals surface area contributed by atoms with E-state index in [1.807, 2.05) is 84.5 Å². The number of aromatic nitrogens is 3. The number of hydrogen-bond donors (Lipinski definition) is 1. The van der Waals surface area contributed by atoms with Crippen LogP contribution in [-0.4, -0.2) is 25.3 Å². The highest BCUT2D eigenvalue weighted by molar-refractivity contribution is 6.30. The largest absolute Gasteiger partial charge is 0.322 e. The number of benzene rings is 3. The first-order chi connectivity index (χ1) is 18.0. The summed E-state index contributed by atoms with van der Waals surface area (Å²) >= 11 is 6.21. The smallest absolute Gasteiger partial charge is 0.308 e. The molecule has 2 aromatic heterocycles. The minimum absolute atomic E-state index is 0.306. The summed E-state index contributed by atoms with van der Waals surface area (Å²) in [6.07, 6.45) is 2.00. The molecule has 0 bridgehead atoms. The first-order valence-electron chi connectivity index (χ1n) is 11.9. The summed E-state index contributed by atoms with van der Waals surface area (Å²) in [6, 6.07) is 26.5. The van der Waals surface area contributed by atoms with Gasteiger partial charge in [-0.15, -0.1) is 0 Å². The van der Waals surface area contributed by atoms with Gasteiger partial charge in [0.25, 0.3) is 0 Å². The number of nitrogens with zero attached hydrogens (tertiary/aromatic N) is 4. The number of hydrogen-bond acceptors (Lipinski definition) is 2. The summed E-state index contributed by atoms with van der Waals surface area (Å²) in [5, 5.41) is 8.42. The first kappa shape index (κ1) is 23.1. The normalized spacial score (nSPS) is 14.6. The second-order valence-corrected chi connectivity index (χ2v) is 9.39. The van der Waals surface area contributed by atoms with Crippen molar-refractivity contribution in [3.05, 3.63) is 131 Å². The van der Waals surface area contributed by atoms with Gasteiger partial charge in [-0.3, -0.25) is 0 Å². The number of aryl methyl sites for hydroxylation is 1. The third kappa shape index (κ3) is 4.17. The Hall–Kier alpha value is -4.36. The molecule has 1 N–H and O–H groups in total.